The Balaban J connectivity index is 1.37. The van der Waals surface area contributed by atoms with E-state index in [2.05, 4.69) is 50.9 Å². The summed E-state index contributed by atoms with van der Waals surface area (Å²) in [5, 5.41) is 9.07. The summed E-state index contributed by atoms with van der Waals surface area (Å²) in [6, 6.07) is 5.76. The third-order valence-corrected chi connectivity index (χ3v) is 6.68. The summed E-state index contributed by atoms with van der Waals surface area (Å²) in [6.07, 6.45) is 7.16. The van der Waals surface area contributed by atoms with E-state index in [4.69, 9.17) is 0 Å². The van der Waals surface area contributed by atoms with Crippen molar-refractivity contribution >= 4 is 41.9 Å². The van der Waals surface area contributed by atoms with Crippen LogP contribution in [0, 0.1) is 23.6 Å². The monoisotopic (exact) mass is 426 g/mol. The summed E-state index contributed by atoms with van der Waals surface area (Å²) in [5.74, 6) is -0.0469. The van der Waals surface area contributed by atoms with Crippen molar-refractivity contribution in [3.8, 4) is 0 Å². The van der Waals surface area contributed by atoms with Gasteiger partial charge in [0.05, 0.1) is 17.8 Å². The van der Waals surface area contributed by atoms with Gasteiger partial charge in [-0.15, -0.1) is 0 Å². The van der Waals surface area contributed by atoms with Gasteiger partial charge in [0.2, 0.25) is 11.9 Å². The van der Waals surface area contributed by atoms with Crippen LogP contribution in [0.2, 0.25) is 0 Å². The number of rotatable bonds is 5. The third kappa shape index (κ3) is 3.27. The second-order valence-electron chi connectivity index (χ2n) is 7.99. The van der Waals surface area contributed by atoms with Crippen LogP contribution in [0.5, 0.6) is 0 Å². The zero-order chi connectivity index (χ0) is 20.8. The van der Waals surface area contributed by atoms with Gasteiger partial charge in [-0.25, -0.2) is 9.37 Å². The predicted octanol–water partition coefficient (Wildman–Crippen LogP) is 2.92. The van der Waals surface area contributed by atoms with Crippen molar-refractivity contribution in [1.82, 2.24) is 15.3 Å². The third-order valence-electron chi connectivity index (χ3n) is 6.26. The number of amides is 1. The highest BCUT2D eigenvalue weighted by Crippen LogP contribution is 2.45. The minimum Gasteiger partial charge on any atom is -0.363 e. The van der Waals surface area contributed by atoms with Crippen LogP contribution >= 0.6 is 12.8 Å². The number of aromatic nitrogens is 2. The molecule has 2 bridgehead atoms. The summed E-state index contributed by atoms with van der Waals surface area (Å²) in [5.41, 5.74) is 3.12. The molecule has 3 aliphatic rings. The van der Waals surface area contributed by atoms with Crippen molar-refractivity contribution in [2.75, 3.05) is 28.5 Å². The molecular formula is C21H23FN6OS. The first-order valence-electron chi connectivity index (χ1n) is 10.1. The number of thiol groups is 1. The van der Waals surface area contributed by atoms with E-state index in [0.29, 0.717) is 5.95 Å². The van der Waals surface area contributed by atoms with Gasteiger partial charge in [0.15, 0.2) is 11.6 Å². The molecule has 30 heavy (non-hydrogen) atoms. The average molecular weight is 427 g/mol. The van der Waals surface area contributed by atoms with Gasteiger partial charge < -0.3 is 20.3 Å². The Morgan fingerprint density at radius 2 is 2.13 bits per heavy atom. The van der Waals surface area contributed by atoms with Gasteiger partial charge in [-0.1, -0.05) is 25.0 Å². The van der Waals surface area contributed by atoms with Gasteiger partial charge in [0.25, 0.3) is 0 Å². The van der Waals surface area contributed by atoms with Gasteiger partial charge >= 0.3 is 0 Å². The lowest BCUT2D eigenvalue weighted by Crippen LogP contribution is -2.42. The number of nitrogens with zero attached hydrogens (tertiary/aromatic N) is 3. The molecule has 0 radical (unpaired) electrons. The number of allylic oxidation sites excluding steroid dienone is 1. The van der Waals surface area contributed by atoms with E-state index in [1.807, 2.05) is 22.5 Å². The molecule has 0 saturated heterocycles. The largest absolute Gasteiger partial charge is 0.363 e. The lowest BCUT2D eigenvalue weighted by molar-refractivity contribution is -0.125. The van der Waals surface area contributed by atoms with E-state index in [1.54, 1.807) is 7.05 Å². The molecule has 1 aromatic carbocycles. The highest BCUT2D eigenvalue weighted by molar-refractivity contribution is 7.81. The van der Waals surface area contributed by atoms with Crippen molar-refractivity contribution in [3.63, 3.8) is 0 Å². The Morgan fingerprint density at radius 1 is 1.30 bits per heavy atom. The zero-order valence-corrected chi connectivity index (χ0v) is 17.4. The van der Waals surface area contributed by atoms with Crippen LogP contribution < -0.4 is 20.3 Å². The second kappa shape index (κ2) is 7.46. The van der Waals surface area contributed by atoms with Crippen LogP contribution in [0.3, 0.4) is 0 Å². The molecule has 1 fully saturated rings. The maximum Gasteiger partial charge on any atom is 0.229 e. The SMILES string of the molecule is CNC(=O)C1C2C=CC(C2)C1Nc1nc(Nc2ccc3c(c2)CCN3S)ncc1F. The Hall–Kier alpha value is -2.81. The number of carbonyl (C=O) groups is 1. The number of nitrogens with one attached hydrogen (secondary N) is 3. The molecule has 156 valence electrons. The molecule has 4 atom stereocenters. The quantitative estimate of drug-likeness (QED) is 0.435. The van der Waals surface area contributed by atoms with Crippen LogP contribution in [0.1, 0.15) is 12.0 Å². The standard InChI is InChI=1S/C21H23FN6OS/c1-23-20(29)17-12-2-3-13(8-12)18(17)26-19-15(22)10-24-21(27-19)25-14-4-5-16-11(9-14)6-7-28(16)30/h2-5,9-10,12-13,17-18,30H,6-8H2,1H3,(H,23,29)(H2,24,25,26,27). The number of hydrogen-bond acceptors (Lipinski definition) is 7. The molecule has 1 saturated carbocycles. The van der Waals surface area contributed by atoms with Crippen LogP contribution in [0.15, 0.2) is 36.5 Å². The summed E-state index contributed by atoms with van der Waals surface area (Å²) in [6.45, 7) is 0.869. The predicted molar refractivity (Wildman–Crippen MR) is 117 cm³/mol. The molecule has 2 aromatic rings. The van der Waals surface area contributed by atoms with E-state index < -0.39 is 5.82 Å². The first-order chi connectivity index (χ1) is 14.5. The van der Waals surface area contributed by atoms with E-state index in [1.165, 1.54) is 5.56 Å². The van der Waals surface area contributed by atoms with Gasteiger partial charge in [-0.3, -0.25) is 4.79 Å². The van der Waals surface area contributed by atoms with Gasteiger partial charge in [-0.05, 0) is 48.4 Å². The highest BCUT2D eigenvalue weighted by Gasteiger charge is 2.48. The van der Waals surface area contributed by atoms with E-state index in [-0.39, 0.29) is 35.5 Å². The Bertz CT molecular complexity index is 1030. The minimum atomic E-state index is -0.539. The van der Waals surface area contributed by atoms with Crippen molar-refractivity contribution in [2.24, 2.45) is 17.8 Å². The van der Waals surface area contributed by atoms with E-state index in [9.17, 15) is 9.18 Å². The van der Waals surface area contributed by atoms with Crippen LogP contribution in [-0.2, 0) is 11.2 Å². The molecule has 5 rings (SSSR count). The second-order valence-corrected chi connectivity index (χ2v) is 8.47. The maximum absolute atomic E-state index is 14.5. The van der Waals surface area contributed by atoms with Gasteiger partial charge in [0.1, 0.15) is 0 Å². The fourth-order valence-electron chi connectivity index (χ4n) is 4.82. The van der Waals surface area contributed by atoms with Crippen LogP contribution in [0.4, 0.5) is 27.5 Å². The summed E-state index contributed by atoms with van der Waals surface area (Å²) < 4.78 is 16.4. The molecule has 4 unspecified atom stereocenters. The number of benzene rings is 1. The smallest absolute Gasteiger partial charge is 0.229 e. The van der Waals surface area contributed by atoms with E-state index in [0.717, 1.165) is 37.0 Å². The molecule has 1 aromatic heterocycles. The molecule has 2 aliphatic carbocycles. The fourth-order valence-corrected chi connectivity index (χ4v) is 5.12. The first-order valence-corrected chi connectivity index (χ1v) is 10.5. The van der Waals surface area contributed by atoms with Crippen molar-refractivity contribution < 1.29 is 9.18 Å². The summed E-state index contributed by atoms with van der Waals surface area (Å²) >= 11 is 4.44. The van der Waals surface area contributed by atoms with Crippen molar-refractivity contribution in [1.29, 1.82) is 0 Å². The lowest BCUT2D eigenvalue weighted by atomic mass is 9.88. The first kappa shape index (κ1) is 19.2. The zero-order valence-electron chi connectivity index (χ0n) is 16.5. The Morgan fingerprint density at radius 3 is 2.97 bits per heavy atom. The van der Waals surface area contributed by atoms with Crippen molar-refractivity contribution in [2.45, 2.75) is 18.9 Å². The molecule has 9 heteroatoms. The number of anilines is 4. The molecule has 2 heterocycles. The Kier molecular flexibility index (Phi) is 4.77. The molecule has 1 aliphatic heterocycles. The lowest BCUT2D eigenvalue weighted by Gasteiger charge is -2.28. The molecule has 3 N–H and O–H groups in total. The molecular weight excluding hydrogens is 403 g/mol. The number of carbonyl (C=O) groups excluding carboxylic acids is 1. The highest BCUT2D eigenvalue weighted by atomic mass is 32.1. The molecule has 0 spiro atoms. The summed E-state index contributed by atoms with van der Waals surface area (Å²) in [7, 11) is 1.63. The fraction of sp³-hybridized carbons (Fsp3) is 0.381. The van der Waals surface area contributed by atoms with Gasteiger partial charge in [-0.2, -0.15) is 4.98 Å². The maximum atomic E-state index is 14.5. The summed E-state index contributed by atoms with van der Waals surface area (Å²) in [4.78, 5) is 20.8. The number of hydrogen-bond donors (Lipinski definition) is 4. The van der Waals surface area contributed by atoms with Crippen LogP contribution in [0.25, 0.3) is 0 Å². The molecule has 1 amide bonds. The van der Waals surface area contributed by atoms with Gasteiger partial charge in [0, 0.05) is 25.3 Å². The topological polar surface area (TPSA) is 82.2 Å². The molecule has 7 nitrogen and oxygen atoms in total. The Labute approximate surface area is 179 Å². The van der Waals surface area contributed by atoms with E-state index >= 15 is 0 Å². The minimum absolute atomic E-state index is 0.0338. The van der Waals surface area contributed by atoms with Crippen molar-refractivity contribution in [3.05, 3.63) is 47.9 Å². The average Bonchev–Trinajstić information content (AvgIpc) is 3.45. The number of halogens is 1. The normalized spacial score (nSPS) is 26.0. The number of fused-ring (bicyclic) bond motifs is 3. The van der Waals surface area contributed by atoms with Crippen LogP contribution in [-0.4, -0.2) is 35.5 Å².